The predicted octanol–water partition coefficient (Wildman–Crippen LogP) is 1.93. The molecule has 0 bridgehead atoms. The largest absolute Gasteiger partial charge is 0.265 e. The van der Waals surface area contributed by atoms with E-state index in [2.05, 4.69) is 20.2 Å². The van der Waals surface area contributed by atoms with Crippen LogP contribution < -0.4 is 0 Å². The van der Waals surface area contributed by atoms with Gasteiger partial charge in [0.1, 0.15) is 0 Å². The molecule has 78 valence electrons. The summed E-state index contributed by atoms with van der Waals surface area (Å²) in [4.78, 5) is 7.83. The minimum atomic E-state index is 0.974. The smallest absolute Gasteiger partial charge is 0.0569 e. The van der Waals surface area contributed by atoms with Gasteiger partial charge >= 0.3 is 0 Å². The van der Waals surface area contributed by atoms with Crippen LogP contribution in [-0.4, -0.2) is 22.4 Å². The molecule has 2 aromatic rings. The number of rotatable bonds is 3. The summed E-state index contributed by atoms with van der Waals surface area (Å²) in [5.41, 5.74) is 1.95. The van der Waals surface area contributed by atoms with Crippen LogP contribution in [0, 0.1) is 0 Å². The molecule has 4 heteroatoms. The summed E-state index contributed by atoms with van der Waals surface area (Å²) in [6.45, 7) is 0. The van der Waals surface area contributed by atoms with Gasteiger partial charge in [-0.2, -0.15) is 10.2 Å². The number of aromatic nitrogens is 2. The Labute approximate surface area is 93.4 Å². The summed E-state index contributed by atoms with van der Waals surface area (Å²) in [7, 11) is 0. The van der Waals surface area contributed by atoms with E-state index in [1.807, 2.05) is 24.3 Å². The van der Waals surface area contributed by atoms with E-state index < -0.39 is 0 Å². The molecule has 0 aliphatic heterocycles. The van der Waals surface area contributed by atoms with Crippen molar-refractivity contribution in [2.24, 2.45) is 10.2 Å². The minimum Gasteiger partial charge on any atom is -0.265 e. The topological polar surface area (TPSA) is 50.5 Å². The van der Waals surface area contributed by atoms with Gasteiger partial charge in [0.05, 0.1) is 12.4 Å². The normalized spacial score (nSPS) is 11.2. The first kappa shape index (κ1) is 10.2. The maximum atomic E-state index is 3.93. The Kier molecular flexibility index (Phi) is 3.50. The van der Waals surface area contributed by atoms with Crippen LogP contribution in [0.15, 0.2) is 59.3 Å². The fraction of sp³-hybridized carbons (Fsp3) is 0. The number of hydrogen-bond acceptors (Lipinski definition) is 4. The highest BCUT2D eigenvalue weighted by atomic mass is 15.2. The van der Waals surface area contributed by atoms with Gasteiger partial charge < -0.3 is 0 Å². The summed E-state index contributed by atoms with van der Waals surface area (Å²) < 4.78 is 0. The molecular weight excluding hydrogens is 200 g/mol. The van der Waals surface area contributed by atoms with Crippen molar-refractivity contribution in [3.63, 3.8) is 0 Å². The van der Waals surface area contributed by atoms with E-state index in [4.69, 9.17) is 0 Å². The minimum absolute atomic E-state index is 0.974. The van der Waals surface area contributed by atoms with E-state index in [0.717, 1.165) is 11.1 Å². The van der Waals surface area contributed by atoms with Crippen molar-refractivity contribution in [2.75, 3.05) is 0 Å². The van der Waals surface area contributed by atoms with Crippen LogP contribution in [0.2, 0.25) is 0 Å². The summed E-state index contributed by atoms with van der Waals surface area (Å²) >= 11 is 0. The first-order valence-corrected chi connectivity index (χ1v) is 4.81. The molecule has 0 fully saturated rings. The van der Waals surface area contributed by atoms with Gasteiger partial charge in [0.25, 0.3) is 0 Å². The Morgan fingerprint density at radius 2 is 1.06 bits per heavy atom. The molecule has 0 saturated carbocycles. The Morgan fingerprint density at radius 1 is 0.688 bits per heavy atom. The van der Waals surface area contributed by atoms with E-state index >= 15 is 0 Å². The predicted molar refractivity (Wildman–Crippen MR) is 63.7 cm³/mol. The molecule has 4 nitrogen and oxygen atoms in total. The van der Waals surface area contributed by atoms with E-state index in [1.165, 1.54) is 0 Å². The summed E-state index contributed by atoms with van der Waals surface area (Å²) in [6, 6.07) is 7.47. The molecule has 0 spiro atoms. The van der Waals surface area contributed by atoms with Crippen molar-refractivity contribution < 1.29 is 0 Å². The van der Waals surface area contributed by atoms with Gasteiger partial charge in [0, 0.05) is 24.8 Å². The molecule has 2 aromatic heterocycles. The van der Waals surface area contributed by atoms with Crippen molar-refractivity contribution in [3.05, 3.63) is 60.2 Å². The lowest BCUT2D eigenvalue weighted by Gasteiger charge is -1.88. The molecule has 0 aliphatic carbocycles. The van der Waals surface area contributed by atoms with Gasteiger partial charge in [-0.15, -0.1) is 0 Å². The monoisotopic (exact) mass is 210 g/mol. The second kappa shape index (κ2) is 5.50. The molecular formula is C12H10N4. The summed E-state index contributed by atoms with van der Waals surface area (Å²) in [6.07, 6.45) is 10.2. The Morgan fingerprint density at radius 3 is 1.44 bits per heavy atom. The molecule has 0 aromatic carbocycles. The summed E-state index contributed by atoms with van der Waals surface area (Å²) in [5, 5.41) is 7.87. The third-order valence-electron chi connectivity index (χ3n) is 1.89. The van der Waals surface area contributed by atoms with Crippen LogP contribution in [-0.2, 0) is 0 Å². The highest BCUT2D eigenvalue weighted by Gasteiger charge is 1.84. The zero-order valence-corrected chi connectivity index (χ0v) is 8.56. The molecule has 16 heavy (non-hydrogen) atoms. The molecule has 0 N–H and O–H groups in total. The van der Waals surface area contributed by atoms with E-state index in [9.17, 15) is 0 Å². The van der Waals surface area contributed by atoms with Gasteiger partial charge in [0.15, 0.2) is 0 Å². The van der Waals surface area contributed by atoms with Gasteiger partial charge in [-0.1, -0.05) is 0 Å². The lowest BCUT2D eigenvalue weighted by atomic mass is 10.3. The quantitative estimate of drug-likeness (QED) is 0.574. The van der Waals surface area contributed by atoms with E-state index in [0.29, 0.717) is 0 Å². The van der Waals surface area contributed by atoms with Crippen LogP contribution in [0.25, 0.3) is 0 Å². The Hall–Kier alpha value is -2.36. The standard InChI is InChI=1S/C12H10N4/c1-5-13-6-2-11(1)9-15-16-10-12-3-7-14-8-4-12/h1-10H/b15-9-,16-10?. The molecule has 0 atom stereocenters. The van der Waals surface area contributed by atoms with Gasteiger partial charge in [-0.3, -0.25) is 9.97 Å². The maximum absolute atomic E-state index is 3.93. The van der Waals surface area contributed by atoms with E-state index in [1.54, 1.807) is 37.2 Å². The third kappa shape index (κ3) is 3.09. The second-order valence-corrected chi connectivity index (χ2v) is 3.05. The molecule has 0 aliphatic rings. The average Bonchev–Trinajstić information content (AvgIpc) is 2.37. The van der Waals surface area contributed by atoms with Crippen LogP contribution in [0.1, 0.15) is 11.1 Å². The highest BCUT2D eigenvalue weighted by Crippen LogP contribution is 1.93. The Bertz CT molecular complexity index is 429. The molecule has 2 heterocycles. The van der Waals surface area contributed by atoms with Crippen LogP contribution >= 0.6 is 0 Å². The first-order valence-electron chi connectivity index (χ1n) is 4.81. The van der Waals surface area contributed by atoms with Crippen molar-refractivity contribution in [1.82, 2.24) is 9.97 Å². The zero-order valence-electron chi connectivity index (χ0n) is 8.56. The van der Waals surface area contributed by atoms with Gasteiger partial charge in [-0.05, 0) is 35.4 Å². The number of nitrogens with zero attached hydrogens (tertiary/aromatic N) is 4. The highest BCUT2D eigenvalue weighted by molar-refractivity contribution is 5.82. The molecule has 0 radical (unpaired) electrons. The molecule has 0 unspecified atom stereocenters. The molecule has 0 saturated heterocycles. The van der Waals surface area contributed by atoms with Crippen LogP contribution in [0.4, 0.5) is 0 Å². The summed E-state index contributed by atoms with van der Waals surface area (Å²) in [5.74, 6) is 0. The van der Waals surface area contributed by atoms with Crippen molar-refractivity contribution in [1.29, 1.82) is 0 Å². The SMILES string of the molecule is C(=N/N=C\c1ccncc1)c1ccncc1. The van der Waals surface area contributed by atoms with Crippen molar-refractivity contribution in [2.45, 2.75) is 0 Å². The van der Waals surface area contributed by atoms with Gasteiger partial charge in [-0.25, -0.2) is 0 Å². The maximum Gasteiger partial charge on any atom is 0.0569 e. The number of pyridine rings is 2. The Balaban J connectivity index is 1.98. The second-order valence-electron chi connectivity index (χ2n) is 3.05. The fourth-order valence-electron chi connectivity index (χ4n) is 1.10. The molecule has 0 amide bonds. The lowest BCUT2D eigenvalue weighted by molar-refractivity contribution is 1.25. The number of hydrogen-bond donors (Lipinski definition) is 0. The van der Waals surface area contributed by atoms with Gasteiger partial charge in [0.2, 0.25) is 0 Å². The fourth-order valence-corrected chi connectivity index (χ4v) is 1.10. The van der Waals surface area contributed by atoms with Crippen LogP contribution in [0.3, 0.4) is 0 Å². The molecule has 2 rings (SSSR count). The van der Waals surface area contributed by atoms with E-state index in [-0.39, 0.29) is 0 Å². The third-order valence-corrected chi connectivity index (χ3v) is 1.89. The zero-order chi connectivity index (χ0) is 11.1. The average molecular weight is 210 g/mol. The lowest BCUT2D eigenvalue weighted by Crippen LogP contribution is -1.81. The van der Waals surface area contributed by atoms with Crippen LogP contribution in [0.5, 0.6) is 0 Å². The van der Waals surface area contributed by atoms with Crippen molar-refractivity contribution >= 4 is 12.4 Å². The first-order chi connectivity index (χ1) is 7.95. The van der Waals surface area contributed by atoms with Crippen molar-refractivity contribution in [3.8, 4) is 0 Å².